The maximum atomic E-state index is 12.2. The first-order valence-electron chi connectivity index (χ1n) is 7.19. The number of hydrogen-bond donors (Lipinski definition) is 2. The van der Waals surface area contributed by atoms with Crippen LogP contribution in [0.15, 0.2) is 42.6 Å². The third-order valence-corrected chi connectivity index (χ3v) is 3.76. The van der Waals surface area contributed by atoms with E-state index in [0.717, 1.165) is 0 Å². The highest BCUT2D eigenvalue weighted by Gasteiger charge is 2.26. The number of aromatic nitrogens is 2. The average molecular weight is 331 g/mol. The van der Waals surface area contributed by atoms with Crippen LogP contribution < -0.4 is 0 Å². The summed E-state index contributed by atoms with van der Waals surface area (Å²) in [7, 11) is 0. The first kappa shape index (κ1) is 15.5. The summed E-state index contributed by atoms with van der Waals surface area (Å²) in [6, 6.07) is 10.4. The van der Waals surface area contributed by atoms with Crippen LogP contribution in [0.4, 0.5) is 0 Å². The number of pyridine rings is 1. The van der Waals surface area contributed by atoms with E-state index in [9.17, 15) is 9.90 Å². The van der Waals surface area contributed by atoms with E-state index in [4.69, 9.17) is 16.3 Å². The lowest BCUT2D eigenvalue weighted by molar-refractivity contribution is 0.0515. The Kier molecular flexibility index (Phi) is 4.32. The molecule has 2 heterocycles. The molecule has 23 heavy (non-hydrogen) atoms. The number of halogens is 1. The van der Waals surface area contributed by atoms with Gasteiger partial charge in [0.2, 0.25) is 0 Å². The van der Waals surface area contributed by atoms with Crippen LogP contribution in [0.3, 0.4) is 0 Å². The largest absolute Gasteiger partial charge is 0.461 e. The predicted octanol–water partition coefficient (Wildman–Crippen LogP) is 3.47. The predicted molar refractivity (Wildman–Crippen MR) is 87.6 cm³/mol. The zero-order chi connectivity index (χ0) is 16.4. The van der Waals surface area contributed by atoms with E-state index in [1.165, 1.54) is 0 Å². The fraction of sp³-hybridized carbons (Fsp3) is 0.176. The molecule has 1 unspecified atom stereocenters. The number of aromatic amines is 1. The van der Waals surface area contributed by atoms with Crippen molar-refractivity contribution in [2.24, 2.45) is 0 Å². The number of carbonyl (C=O) groups excluding carboxylic acids is 1. The number of hydrogen-bond acceptors (Lipinski definition) is 4. The summed E-state index contributed by atoms with van der Waals surface area (Å²) in [5.74, 6) is -0.523. The first-order valence-corrected chi connectivity index (χ1v) is 7.57. The average Bonchev–Trinajstić information content (AvgIpc) is 2.94. The molecule has 0 aliphatic heterocycles. The third-order valence-electron chi connectivity index (χ3n) is 3.52. The van der Waals surface area contributed by atoms with Gasteiger partial charge in [0, 0.05) is 27.7 Å². The molecular weight excluding hydrogens is 316 g/mol. The summed E-state index contributed by atoms with van der Waals surface area (Å²) >= 11 is 6.06. The van der Waals surface area contributed by atoms with E-state index in [0.29, 0.717) is 27.2 Å². The minimum atomic E-state index is -1.07. The number of aliphatic hydroxyl groups excluding tert-OH is 1. The van der Waals surface area contributed by atoms with Gasteiger partial charge in [-0.15, -0.1) is 0 Å². The molecule has 3 rings (SSSR count). The first-order chi connectivity index (χ1) is 11.1. The number of nitrogens with zero attached hydrogens (tertiary/aromatic N) is 1. The van der Waals surface area contributed by atoms with Gasteiger partial charge < -0.3 is 14.8 Å². The number of benzene rings is 1. The maximum Gasteiger partial charge on any atom is 0.355 e. The van der Waals surface area contributed by atoms with Gasteiger partial charge in [0.1, 0.15) is 11.8 Å². The van der Waals surface area contributed by atoms with Crippen molar-refractivity contribution in [2.45, 2.75) is 13.0 Å². The molecular formula is C17H15ClN2O3. The van der Waals surface area contributed by atoms with Crippen molar-refractivity contribution in [2.75, 3.05) is 6.61 Å². The van der Waals surface area contributed by atoms with Gasteiger partial charge in [-0.25, -0.2) is 4.79 Å². The summed E-state index contributed by atoms with van der Waals surface area (Å²) < 4.78 is 5.08. The summed E-state index contributed by atoms with van der Waals surface area (Å²) in [5.41, 5.74) is 1.77. The number of rotatable bonds is 4. The molecule has 0 saturated carbocycles. The Labute approximate surface area is 137 Å². The Morgan fingerprint density at radius 1 is 1.39 bits per heavy atom. The van der Waals surface area contributed by atoms with Crippen LogP contribution in [0.25, 0.3) is 10.9 Å². The van der Waals surface area contributed by atoms with Crippen molar-refractivity contribution in [1.29, 1.82) is 0 Å². The van der Waals surface area contributed by atoms with E-state index in [1.54, 1.807) is 49.5 Å². The molecule has 0 aliphatic carbocycles. The second-order valence-corrected chi connectivity index (χ2v) is 5.42. The van der Waals surface area contributed by atoms with E-state index >= 15 is 0 Å². The maximum absolute atomic E-state index is 12.2. The van der Waals surface area contributed by atoms with Crippen LogP contribution in [-0.4, -0.2) is 27.7 Å². The monoisotopic (exact) mass is 330 g/mol. The molecule has 0 saturated heterocycles. The molecule has 2 N–H and O–H groups in total. The number of nitrogens with one attached hydrogen (secondary N) is 1. The Morgan fingerprint density at radius 3 is 2.91 bits per heavy atom. The van der Waals surface area contributed by atoms with Gasteiger partial charge in [0.05, 0.1) is 12.3 Å². The molecule has 0 aliphatic rings. The Balaban J connectivity index is 2.21. The minimum absolute atomic E-state index is 0.210. The second kappa shape index (κ2) is 6.40. The van der Waals surface area contributed by atoms with Crippen LogP contribution in [0.1, 0.15) is 34.8 Å². The van der Waals surface area contributed by atoms with Crippen molar-refractivity contribution < 1.29 is 14.6 Å². The third kappa shape index (κ3) is 2.93. The summed E-state index contributed by atoms with van der Waals surface area (Å²) in [4.78, 5) is 19.4. The molecule has 1 atom stereocenters. The number of fused-ring (bicyclic) bond motifs is 1. The zero-order valence-corrected chi connectivity index (χ0v) is 13.2. The zero-order valence-electron chi connectivity index (χ0n) is 12.4. The van der Waals surface area contributed by atoms with Gasteiger partial charge in [-0.05, 0) is 37.3 Å². The topological polar surface area (TPSA) is 75.2 Å². The lowest BCUT2D eigenvalue weighted by atomic mass is 10.0. The van der Waals surface area contributed by atoms with Crippen LogP contribution in [0, 0.1) is 0 Å². The molecule has 0 spiro atoms. The molecule has 0 bridgehead atoms. The van der Waals surface area contributed by atoms with Crippen LogP contribution in [0.2, 0.25) is 5.02 Å². The molecule has 2 aromatic heterocycles. The van der Waals surface area contributed by atoms with Crippen LogP contribution in [-0.2, 0) is 4.74 Å². The molecule has 0 fully saturated rings. The smallest absolute Gasteiger partial charge is 0.355 e. The van der Waals surface area contributed by atoms with Crippen molar-refractivity contribution in [3.05, 3.63) is 64.6 Å². The Morgan fingerprint density at radius 2 is 2.22 bits per heavy atom. The second-order valence-electron chi connectivity index (χ2n) is 4.98. The number of aliphatic hydroxyl groups is 1. The van der Waals surface area contributed by atoms with E-state index in [-0.39, 0.29) is 12.3 Å². The summed E-state index contributed by atoms with van der Waals surface area (Å²) in [5, 5.41) is 11.9. The number of esters is 1. The summed E-state index contributed by atoms with van der Waals surface area (Å²) in [6.45, 7) is 1.97. The van der Waals surface area contributed by atoms with Crippen molar-refractivity contribution in [1.82, 2.24) is 9.97 Å². The number of carbonyl (C=O) groups is 1. The lowest BCUT2D eigenvalue weighted by Crippen LogP contribution is -2.11. The molecule has 118 valence electrons. The fourth-order valence-electron chi connectivity index (χ4n) is 2.52. The molecule has 5 nitrogen and oxygen atoms in total. The van der Waals surface area contributed by atoms with Gasteiger partial charge in [-0.1, -0.05) is 17.7 Å². The minimum Gasteiger partial charge on any atom is -0.461 e. The Bertz CT molecular complexity index is 846. The van der Waals surface area contributed by atoms with Gasteiger partial charge >= 0.3 is 5.97 Å². The lowest BCUT2D eigenvalue weighted by Gasteiger charge is -2.12. The van der Waals surface area contributed by atoms with Crippen molar-refractivity contribution in [3.63, 3.8) is 0 Å². The molecule has 6 heteroatoms. The van der Waals surface area contributed by atoms with E-state index in [2.05, 4.69) is 9.97 Å². The van der Waals surface area contributed by atoms with Crippen LogP contribution in [0.5, 0.6) is 0 Å². The van der Waals surface area contributed by atoms with E-state index in [1.807, 2.05) is 0 Å². The van der Waals surface area contributed by atoms with Gasteiger partial charge in [0.25, 0.3) is 0 Å². The van der Waals surface area contributed by atoms with Crippen molar-refractivity contribution in [3.8, 4) is 0 Å². The number of ether oxygens (including phenoxy) is 1. The molecule has 3 aromatic rings. The van der Waals surface area contributed by atoms with Gasteiger partial charge in [-0.3, -0.25) is 4.98 Å². The standard InChI is InChI=1S/C17H15ClN2O3/c1-2-23-17(22)15-14(16(21)13-5-3-4-8-19-13)11-9-10(18)6-7-12(11)20-15/h3-9,16,20-21H,2H2,1H3. The highest BCUT2D eigenvalue weighted by atomic mass is 35.5. The molecule has 0 radical (unpaired) electrons. The highest BCUT2D eigenvalue weighted by molar-refractivity contribution is 6.31. The fourth-order valence-corrected chi connectivity index (χ4v) is 2.69. The number of H-pyrrole nitrogens is 1. The SMILES string of the molecule is CCOC(=O)c1[nH]c2ccc(Cl)cc2c1C(O)c1ccccn1. The van der Waals surface area contributed by atoms with E-state index < -0.39 is 12.1 Å². The Hall–Kier alpha value is -2.37. The normalized spacial score (nSPS) is 12.3. The highest BCUT2D eigenvalue weighted by Crippen LogP contribution is 2.33. The van der Waals surface area contributed by atoms with Gasteiger partial charge in [0.15, 0.2) is 0 Å². The summed E-state index contributed by atoms with van der Waals surface area (Å²) in [6.07, 6.45) is 0.521. The van der Waals surface area contributed by atoms with Crippen molar-refractivity contribution >= 4 is 28.5 Å². The quantitative estimate of drug-likeness (QED) is 0.718. The molecule has 0 amide bonds. The van der Waals surface area contributed by atoms with Gasteiger partial charge in [-0.2, -0.15) is 0 Å². The molecule has 1 aromatic carbocycles. The van der Waals surface area contributed by atoms with Crippen LogP contribution >= 0.6 is 11.6 Å².